The van der Waals surface area contributed by atoms with Crippen molar-refractivity contribution in [1.82, 2.24) is 10.6 Å². The summed E-state index contributed by atoms with van der Waals surface area (Å²) in [5.41, 5.74) is 0. The van der Waals surface area contributed by atoms with Gasteiger partial charge in [0.05, 0.1) is 20.1 Å². The number of carboxylic acids is 1. The predicted octanol–water partition coefficient (Wildman–Crippen LogP) is 0.848. The molecule has 110 valence electrons. The van der Waals surface area contributed by atoms with Crippen LogP contribution in [0, 0.1) is 0 Å². The lowest BCUT2D eigenvalue weighted by Gasteiger charge is -2.09. The Morgan fingerprint density at radius 3 is 2.30 bits per heavy atom. The fourth-order valence-electron chi connectivity index (χ4n) is 1.35. The number of carbonyl (C=O) groups excluding carboxylic acids is 1. The number of carboxylic acid groups (broad SMARTS) is 1. The lowest BCUT2D eigenvalue weighted by atomic mass is 10.3. The van der Waals surface area contributed by atoms with Gasteiger partial charge in [0.1, 0.15) is 18.1 Å². The molecule has 7 nitrogen and oxygen atoms in total. The lowest BCUT2D eigenvalue weighted by Crippen LogP contribution is -2.38. The minimum absolute atomic E-state index is 0.0977. The van der Waals surface area contributed by atoms with Gasteiger partial charge in [-0.15, -0.1) is 0 Å². The van der Waals surface area contributed by atoms with Crippen molar-refractivity contribution < 1.29 is 24.2 Å². The summed E-state index contributed by atoms with van der Waals surface area (Å²) in [4.78, 5) is 21.5. The molecule has 0 fully saturated rings. The zero-order valence-corrected chi connectivity index (χ0v) is 11.2. The fourth-order valence-corrected chi connectivity index (χ4v) is 1.35. The van der Waals surface area contributed by atoms with Crippen LogP contribution in [0.3, 0.4) is 0 Å². The SMILES string of the molecule is COc1ccc(OCCNC(=O)NCCC(=O)O)cc1. The highest BCUT2D eigenvalue weighted by molar-refractivity contribution is 5.74. The second-order valence-electron chi connectivity index (χ2n) is 3.85. The minimum Gasteiger partial charge on any atom is -0.497 e. The van der Waals surface area contributed by atoms with Crippen LogP contribution in [0.5, 0.6) is 11.5 Å². The molecule has 7 heteroatoms. The molecule has 0 bridgehead atoms. The second-order valence-corrected chi connectivity index (χ2v) is 3.85. The summed E-state index contributed by atoms with van der Waals surface area (Å²) >= 11 is 0. The van der Waals surface area contributed by atoms with Crippen LogP contribution in [0.15, 0.2) is 24.3 Å². The molecule has 0 aliphatic rings. The average molecular weight is 282 g/mol. The summed E-state index contributed by atoms with van der Waals surface area (Å²) in [6, 6.07) is 6.69. The molecular weight excluding hydrogens is 264 g/mol. The molecule has 0 atom stereocenters. The quantitative estimate of drug-likeness (QED) is 0.614. The Kier molecular flexibility index (Phi) is 6.74. The van der Waals surface area contributed by atoms with Gasteiger partial charge in [0, 0.05) is 6.54 Å². The number of ether oxygens (including phenoxy) is 2. The van der Waals surface area contributed by atoms with E-state index in [2.05, 4.69) is 10.6 Å². The standard InChI is InChI=1S/C13H18N2O5/c1-19-10-2-4-11(5-3-10)20-9-8-15-13(18)14-7-6-12(16)17/h2-5H,6-9H2,1H3,(H,16,17)(H2,14,15,18). The normalized spacial score (nSPS) is 9.65. The van der Waals surface area contributed by atoms with E-state index in [4.69, 9.17) is 14.6 Å². The van der Waals surface area contributed by atoms with E-state index in [1.165, 1.54) is 0 Å². The lowest BCUT2D eigenvalue weighted by molar-refractivity contribution is -0.136. The molecule has 0 unspecified atom stereocenters. The Bertz CT molecular complexity index is 433. The van der Waals surface area contributed by atoms with Crippen LogP contribution >= 0.6 is 0 Å². The summed E-state index contributed by atoms with van der Waals surface area (Å²) < 4.78 is 10.4. The molecular formula is C13H18N2O5. The molecule has 1 aromatic carbocycles. The largest absolute Gasteiger partial charge is 0.497 e. The Balaban J connectivity index is 2.11. The van der Waals surface area contributed by atoms with E-state index in [9.17, 15) is 9.59 Å². The maximum atomic E-state index is 11.2. The second kappa shape index (κ2) is 8.63. The Morgan fingerprint density at radius 2 is 1.70 bits per heavy atom. The summed E-state index contributed by atoms with van der Waals surface area (Å²) in [6.07, 6.45) is -0.101. The van der Waals surface area contributed by atoms with Crippen LogP contribution in [0.25, 0.3) is 0 Å². The molecule has 0 saturated carbocycles. The Morgan fingerprint density at radius 1 is 1.10 bits per heavy atom. The molecule has 0 aromatic heterocycles. The van der Waals surface area contributed by atoms with E-state index in [-0.39, 0.29) is 13.0 Å². The van der Waals surface area contributed by atoms with Gasteiger partial charge in [-0.1, -0.05) is 0 Å². The number of carbonyl (C=O) groups is 2. The summed E-state index contributed by atoms with van der Waals surface area (Å²) in [7, 11) is 1.59. The van der Waals surface area contributed by atoms with E-state index < -0.39 is 12.0 Å². The van der Waals surface area contributed by atoms with Gasteiger partial charge in [-0.25, -0.2) is 4.79 Å². The highest BCUT2D eigenvalue weighted by Crippen LogP contribution is 2.16. The minimum atomic E-state index is -0.951. The van der Waals surface area contributed by atoms with Crippen molar-refractivity contribution in [3.8, 4) is 11.5 Å². The first-order chi connectivity index (χ1) is 9.61. The fraction of sp³-hybridized carbons (Fsp3) is 0.385. The van der Waals surface area contributed by atoms with Crippen molar-refractivity contribution >= 4 is 12.0 Å². The molecule has 1 rings (SSSR count). The van der Waals surface area contributed by atoms with Gasteiger partial charge in [-0.3, -0.25) is 4.79 Å². The van der Waals surface area contributed by atoms with E-state index in [0.717, 1.165) is 5.75 Å². The third kappa shape index (κ3) is 6.48. The van der Waals surface area contributed by atoms with Gasteiger partial charge in [0.2, 0.25) is 0 Å². The molecule has 20 heavy (non-hydrogen) atoms. The van der Waals surface area contributed by atoms with Gasteiger partial charge in [-0.2, -0.15) is 0 Å². The summed E-state index contributed by atoms with van der Waals surface area (Å²) in [5, 5.41) is 13.4. The van der Waals surface area contributed by atoms with Crippen LogP contribution < -0.4 is 20.1 Å². The first-order valence-electron chi connectivity index (χ1n) is 6.12. The van der Waals surface area contributed by atoms with Gasteiger partial charge < -0.3 is 25.2 Å². The third-order valence-corrected chi connectivity index (χ3v) is 2.34. The van der Waals surface area contributed by atoms with Crippen molar-refractivity contribution in [2.75, 3.05) is 26.8 Å². The molecule has 3 N–H and O–H groups in total. The maximum absolute atomic E-state index is 11.2. The maximum Gasteiger partial charge on any atom is 0.314 e. The molecule has 0 spiro atoms. The zero-order chi connectivity index (χ0) is 14.8. The first-order valence-corrected chi connectivity index (χ1v) is 6.12. The smallest absolute Gasteiger partial charge is 0.314 e. The van der Waals surface area contributed by atoms with Crippen molar-refractivity contribution in [2.45, 2.75) is 6.42 Å². The summed E-state index contributed by atoms with van der Waals surface area (Å²) in [6.45, 7) is 0.740. The van der Waals surface area contributed by atoms with Crippen LogP contribution in [0.1, 0.15) is 6.42 Å². The van der Waals surface area contributed by atoms with Crippen LogP contribution in [-0.2, 0) is 4.79 Å². The van der Waals surface area contributed by atoms with Crippen molar-refractivity contribution in [2.24, 2.45) is 0 Å². The van der Waals surface area contributed by atoms with Gasteiger partial charge in [0.25, 0.3) is 0 Å². The topological polar surface area (TPSA) is 96.9 Å². The number of hydrogen-bond acceptors (Lipinski definition) is 4. The number of urea groups is 1. The Hall–Kier alpha value is -2.44. The van der Waals surface area contributed by atoms with Crippen molar-refractivity contribution in [3.63, 3.8) is 0 Å². The molecule has 0 saturated heterocycles. The van der Waals surface area contributed by atoms with Crippen molar-refractivity contribution in [3.05, 3.63) is 24.3 Å². The number of amides is 2. The molecule has 2 amide bonds. The number of methoxy groups -OCH3 is 1. The van der Waals surface area contributed by atoms with E-state index in [1.54, 1.807) is 31.4 Å². The summed E-state index contributed by atoms with van der Waals surface area (Å²) in [5.74, 6) is 0.473. The average Bonchev–Trinajstić information content (AvgIpc) is 2.44. The number of hydrogen-bond donors (Lipinski definition) is 3. The molecule has 0 radical (unpaired) electrons. The van der Waals surface area contributed by atoms with Gasteiger partial charge in [-0.05, 0) is 24.3 Å². The number of nitrogens with one attached hydrogen (secondary N) is 2. The number of rotatable bonds is 8. The predicted molar refractivity (Wildman–Crippen MR) is 72.1 cm³/mol. The van der Waals surface area contributed by atoms with Crippen LogP contribution in [-0.4, -0.2) is 43.9 Å². The number of aliphatic carboxylic acids is 1. The van der Waals surface area contributed by atoms with E-state index in [0.29, 0.717) is 18.9 Å². The molecule has 0 aliphatic carbocycles. The van der Waals surface area contributed by atoms with E-state index >= 15 is 0 Å². The Labute approximate surface area is 116 Å². The molecule has 0 heterocycles. The first kappa shape index (κ1) is 15.6. The van der Waals surface area contributed by atoms with Crippen molar-refractivity contribution in [1.29, 1.82) is 0 Å². The zero-order valence-electron chi connectivity index (χ0n) is 11.2. The highest BCUT2D eigenvalue weighted by atomic mass is 16.5. The van der Waals surface area contributed by atoms with E-state index in [1.807, 2.05) is 0 Å². The van der Waals surface area contributed by atoms with Gasteiger partial charge >= 0.3 is 12.0 Å². The van der Waals surface area contributed by atoms with Crippen LogP contribution in [0.4, 0.5) is 4.79 Å². The number of benzene rings is 1. The van der Waals surface area contributed by atoms with Crippen LogP contribution in [0.2, 0.25) is 0 Å². The van der Waals surface area contributed by atoms with Gasteiger partial charge in [0.15, 0.2) is 0 Å². The highest BCUT2D eigenvalue weighted by Gasteiger charge is 2.01. The molecule has 1 aromatic rings. The third-order valence-electron chi connectivity index (χ3n) is 2.34. The molecule has 0 aliphatic heterocycles. The monoisotopic (exact) mass is 282 g/mol.